The second-order valence-electron chi connectivity index (χ2n) is 4.64. The number of ether oxygens (including phenoxy) is 2. The number of carbonyl (C=O) groups excluding carboxylic acids is 1. The smallest absolute Gasteiger partial charge is 0.414 e. The number of alkyl halides is 3. The Morgan fingerprint density at radius 3 is 2.21 bits per heavy atom. The molecule has 7 heteroatoms. The first-order chi connectivity index (χ1) is 8.56. The Hall–Kier alpha value is -0.820. The molecule has 0 aromatic heterocycles. The maximum Gasteiger partial charge on any atom is 0.414 e. The third-order valence-corrected chi connectivity index (χ3v) is 2.87. The first-order valence-corrected chi connectivity index (χ1v) is 6.15. The van der Waals surface area contributed by atoms with Crippen LogP contribution in [0.1, 0.15) is 34.1 Å². The fraction of sp³-hybridized carbons (Fsp3) is 0.917. The summed E-state index contributed by atoms with van der Waals surface area (Å²) in [6.45, 7) is 5.89. The lowest BCUT2D eigenvalue weighted by atomic mass is 9.95. The Morgan fingerprint density at radius 1 is 1.32 bits per heavy atom. The zero-order chi connectivity index (χ0) is 15.3. The molecule has 0 aliphatic rings. The minimum Gasteiger partial charge on any atom is -0.465 e. The van der Waals surface area contributed by atoms with E-state index in [1.165, 1.54) is 6.92 Å². The number of hydrogen-bond donors (Lipinski definition) is 1. The predicted octanol–water partition coefficient (Wildman–Crippen LogP) is 2.27. The van der Waals surface area contributed by atoms with Crippen molar-refractivity contribution in [3.8, 4) is 0 Å². The number of carbonyl (C=O) groups is 1. The van der Waals surface area contributed by atoms with Crippen molar-refractivity contribution in [2.24, 2.45) is 0 Å². The Labute approximate surface area is 111 Å². The van der Waals surface area contributed by atoms with Gasteiger partial charge in [-0.05, 0) is 34.7 Å². The van der Waals surface area contributed by atoms with Crippen LogP contribution in [0.25, 0.3) is 0 Å². The fourth-order valence-electron chi connectivity index (χ4n) is 1.63. The van der Waals surface area contributed by atoms with Gasteiger partial charge in [0.25, 0.3) is 0 Å². The van der Waals surface area contributed by atoms with Gasteiger partial charge in [0, 0.05) is 6.42 Å². The van der Waals surface area contributed by atoms with E-state index in [2.05, 4.69) is 5.32 Å². The van der Waals surface area contributed by atoms with Crippen LogP contribution in [0.3, 0.4) is 0 Å². The standard InChI is InChI=1S/C12H22F3NO3/c1-6-18-10(17)11(4,16-5)7-8(2)19-9(3)12(13,14)15/h8-9,16H,6-7H2,1-5H3. The van der Waals surface area contributed by atoms with Crippen molar-refractivity contribution in [2.75, 3.05) is 13.7 Å². The third-order valence-electron chi connectivity index (χ3n) is 2.87. The van der Waals surface area contributed by atoms with Crippen LogP contribution in [0.4, 0.5) is 13.2 Å². The van der Waals surface area contributed by atoms with Gasteiger partial charge < -0.3 is 14.8 Å². The molecule has 3 unspecified atom stereocenters. The minimum absolute atomic E-state index is 0.0861. The first-order valence-electron chi connectivity index (χ1n) is 6.15. The van der Waals surface area contributed by atoms with E-state index in [0.29, 0.717) is 0 Å². The molecular weight excluding hydrogens is 263 g/mol. The van der Waals surface area contributed by atoms with Gasteiger partial charge in [-0.1, -0.05) is 0 Å². The van der Waals surface area contributed by atoms with Gasteiger partial charge in [0.2, 0.25) is 0 Å². The molecule has 0 saturated heterocycles. The average molecular weight is 285 g/mol. The monoisotopic (exact) mass is 285 g/mol. The quantitative estimate of drug-likeness (QED) is 0.729. The van der Waals surface area contributed by atoms with Gasteiger partial charge >= 0.3 is 12.1 Å². The highest BCUT2D eigenvalue weighted by Crippen LogP contribution is 2.25. The summed E-state index contributed by atoms with van der Waals surface area (Å²) in [5, 5.41) is 2.77. The van der Waals surface area contributed by atoms with E-state index < -0.39 is 29.9 Å². The largest absolute Gasteiger partial charge is 0.465 e. The number of rotatable bonds is 7. The second-order valence-corrected chi connectivity index (χ2v) is 4.64. The molecule has 114 valence electrons. The first kappa shape index (κ1) is 18.2. The fourth-order valence-corrected chi connectivity index (χ4v) is 1.63. The van der Waals surface area contributed by atoms with E-state index in [1.807, 2.05) is 0 Å². The van der Waals surface area contributed by atoms with Gasteiger partial charge in [0.15, 0.2) is 6.10 Å². The molecule has 0 rings (SSSR count). The van der Waals surface area contributed by atoms with Crippen molar-refractivity contribution >= 4 is 5.97 Å². The van der Waals surface area contributed by atoms with E-state index in [1.54, 1.807) is 20.9 Å². The molecule has 0 saturated carbocycles. The maximum atomic E-state index is 12.4. The molecule has 0 aromatic rings. The highest BCUT2D eigenvalue weighted by atomic mass is 19.4. The summed E-state index contributed by atoms with van der Waals surface area (Å²) >= 11 is 0. The number of nitrogens with one attached hydrogen (secondary N) is 1. The van der Waals surface area contributed by atoms with Crippen LogP contribution >= 0.6 is 0 Å². The Bertz CT molecular complexity index is 296. The molecule has 0 amide bonds. The Morgan fingerprint density at radius 2 is 1.84 bits per heavy atom. The van der Waals surface area contributed by atoms with Gasteiger partial charge in [0.1, 0.15) is 5.54 Å². The summed E-state index contributed by atoms with van der Waals surface area (Å²) in [6.07, 6.45) is -6.93. The average Bonchev–Trinajstić information content (AvgIpc) is 2.27. The lowest BCUT2D eigenvalue weighted by Crippen LogP contribution is -2.51. The van der Waals surface area contributed by atoms with E-state index in [4.69, 9.17) is 9.47 Å². The Kier molecular flexibility index (Phi) is 6.79. The molecule has 3 atom stereocenters. The third kappa shape index (κ3) is 5.78. The highest BCUT2D eigenvalue weighted by molar-refractivity contribution is 5.80. The van der Waals surface area contributed by atoms with Crippen LogP contribution in [0, 0.1) is 0 Å². The van der Waals surface area contributed by atoms with Crippen molar-refractivity contribution in [3.63, 3.8) is 0 Å². The molecule has 0 bridgehead atoms. The van der Waals surface area contributed by atoms with Gasteiger partial charge in [0.05, 0.1) is 12.7 Å². The van der Waals surface area contributed by atoms with Gasteiger partial charge in [-0.2, -0.15) is 13.2 Å². The lowest BCUT2D eigenvalue weighted by molar-refractivity contribution is -0.226. The zero-order valence-electron chi connectivity index (χ0n) is 11.9. The summed E-state index contributed by atoms with van der Waals surface area (Å²) in [7, 11) is 1.55. The summed E-state index contributed by atoms with van der Waals surface area (Å²) in [4.78, 5) is 11.8. The molecule has 1 N–H and O–H groups in total. The summed E-state index contributed by atoms with van der Waals surface area (Å²) < 4.78 is 46.9. The lowest BCUT2D eigenvalue weighted by Gasteiger charge is -2.31. The zero-order valence-corrected chi connectivity index (χ0v) is 11.9. The molecule has 4 nitrogen and oxygen atoms in total. The molecule has 0 spiro atoms. The maximum absolute atomic E-state index is 12.4. The molecule has 0 aliphatic carbocycles. The molecule has 0 fully saturated rings. The van der Waals surface area contributed by atoms with Crippen LogP contribution in [0.2, 0.25) is 0 Å². The highest BCUT2D eigenvalue weighted by Gasteiger charge is 2.40. The summed E-state index contributed by atoms with van der Waals surface area (Å²) in [6, 6.07) is 0. The van der Waals surface area contributed by atoms with Crippen LogP contribution in [0.5, 0.6) is 0 Å². The Balaban J connectivity index is 4.58. The van der Waals surface area contributed by atoms with E-state index in [-0.39, 0.29) is 13.0 Å². The van der Waals surface area contributed by atoms with Crippen molar-refractivity contribution in [3.05, 3.63) is 0 Å². The van der Waals surface area contributed by atoms with Crippen LogP contribution in [-0.2, 0) is 14.3 Å². The van der Waals surface area contributed by atoms with Gasteiger partial charge in [-0.3, -0.25) is 4.79 Å². The van der Waals surface area contributed by atoms with Crippen molar-refractivity contribution < 1.29 is 27.4 Å². The number of hydrogen-bond acceptors (Lipinski definition) is 4. The molecule has 0 radical (unpaired) electrons. The van der Waals surface area contributed by atoms with Gasteiger partial charge in [-0.25, -0.2) is 0 Å². The van der Waals surface area contributed by atoms with Crippen LogP contribution in [0.15, 0.2) is 0 Å². The van der Waals surface area contributed by atoms with E-state index >= 15 is 0 Å². The minimum atomic E-state index is -4.41. The van der Waals surface area contributed by atoms with Crippen molar-refractivity contribution in [1.29, 1.82) is 0 Å². The van der Waals surface area contributed by atoms with E-state index in [0.717, 1.165) is 6.92 Å². The SMILES string of the molecule is CCOC(=O)C(C)(CC(C)OC(C)C(F)(F)F)NC. The van der Waals surface area contributed by atoms with Gasteiger partial charge in [-0.15, -0.1) is 0 Å². The predicted molar refractivity (Wildman–Crippen MR) is 64.8 cm³/mol. The molecular formula is C12H22F3NO3. The van der Waals surface area contributed by atoms with Crippen LogP contribution in [-0.4, -0.2) is 43.5 Å². The molecule has 0 heterocycles. The van der Waals surface area contributed by atoms with Crippen molar-refractivity contribution in [2.45, 2.75) is 58.0 Å². The number of halogens is 3. The second kappa shape index (κ2) is 7.09. The van der Waals surface area contributed by atoms with Crippen molar-refractivity contribution in [1.82, 2.24) is 5.32 Å². The molecule has 19 heavy (non-hydrogen) atoms. The number of likely N-dealkylation sites (N-methyl/N-ethyl adjacent to an activating group) is 1. The normalized spacial score (nSPS) is 18.5. The van der Waals surface area contributed by atoms with Crippen LogP contribution < -0.4 is 5.32 Å². The molecule has 0 aliphatic heterocycles. The summed E-state index contributed by atoms with van der Waals surface area (Å²) in [5.41, 5.74) is -1.07. The topological polar surface area (TPSA) is 47.6 Å². The summed E-state index contributed by atoms with van der Waals surface area (Å²) in [5.74, 6) is -0.507. The molecule has 0 aromatic carbocycles. The van der Waals surface area contributed by atoms with E-state index in [9.17, 15) is 18.0 Å². The number of esters is 1.